The largest absolute Gasteiger partial charge is 0.342 e. The molecule has 5 nitrogen and oxygen atoms in total. The molecule has 0 saturated carbocycles. The van der Waals surface area contributed by atoms with Crippen molar-refractivity contribution < 1.29 is 18.9 Å². The molecule has 2 aromatic rings. The van der Waals surface area contributed by atoms with E-state index in [0.29, 0.717) is 12.1 Å². The monoisotopic (exact) mass is 358 g/mol. The summed E-state index contributed by atoms with van der Waals surface area (Å²) in [4.78, 5) is 24.9. The Bertz CT molecular complexity index is 792. The van der Waals surface area contributed by atoms with Crippen molar-refractivity contribution in [1.82, 2.24) is 5.32 Å². The normalized spacial score (nSPS) is 11.7. The third-order valence-corrected chi connectivity index (χ3v) is 4.24. The van der Waals surface area contributed by atoms with Gasteiger partial charge in [-0.2, -0.15) is 0 Å². The molecule has 26 heavy (non-hydrogen) atoms. The maximum Gasteiger partial charge on any atom is 0.275 e. The van der Waals surface area contributed by atoms with Crippen molar-refractivity contribution in [3.63, 3.8) is 0 Å². The summed E-state index contributed by atoms with van der Waals surface area (Å²) >= 11 is 0. The van der Waals surface area contributed by atoms with Gasteiger partial charge >= 0.3 is 0 Å². The summed E-state index contributed by atoms with van der Waals surface area (Å²) in [5.41, 5.74) is 3.39. The molecule has 3 N–H and O–H groups in total. The Morgan fingerprint density at radius 1 is 1.04 bits per heavy atom. The molecule has 138 valence electrons. The lowest BCUT2D eigenvalue weighted by Gasteiger charge is -2.14. The molecule has 2 aromatic carbocycles. The molecule has 6 heteroatoms. The zero-order valence-corrected chi connectivity index (χ0v) is 15.4. The zero-order valence-electron chi connectivity index (χ0n) is 15.4. The Morgan fingerprint density at radius 2 is 1.77 bits per heavy atom. The minimum absolute atomic E-state index is 0.0980. The van der Waals surface area contributed by atoms with E-state index in [2.05, 4.69) is 10.6 Å². The second-order valence-corrected chi connectivity index (χ2v) is 6.47. The highest BCUT2D eigenvalue weighted by atomic mass is 19.1. The van der Waals surface area contributed by atoms with E-state index in [-0.39, 0.29) is 30.7 Å². The number of quaternary nitrogens is 1. The summed E-state index contributed by atoms with van der Waals surface area (Å²) in [5, 5.41) is 5.40. The standard InChI is InChI=1S/C20H24FN3O2/c1-14-7-6-10-18(15(14)2)23-19(25)11-22-20(26)13-24(3)12-16-8-4-5-9-17(16)21/h4-10H,11-13H2,1-3H3,(H,22,26)(H,23,25)/p+1. The predicted molar refractivity (Wildman–Crippen MR) is 99.4 cm³/mol. The second kappa shape index (κ2) is 9.10. The number of amides is 2. The molecule has 0 aliphatic heterocycles. The van der Waals surface area contributed by atoms with E-state index in [1.807, 2.05) is 39.1 Å². The van der Waals surface area contributed by atoms with E-state index >= 15 is 0 Å². The first-order chi connectivity index (χ1) is 12.4. The zero-order chi connectivity index (χ0) is 19.1. The molecule has 0 fully saturated rings. The molecule has 0 spiro atoms. The summed E-state index contributed by atoms with van der Waals surface area (Å²) in [7, 11) is 1.81. The fourth-order valence-corrected chi connectivity index (χ4v) is 2.63. The Balaban J connectivity index is 1.78. The quantitative estimate of drug-likeness (QED) is 0.697. The lowest BCUT2D eigenvalue weighted by Crippen LogP contribution is -3.09. The van der Waals surface area contributed by atoms with Crippen molar-refractivity contribution in [3.05, 3.63) is 65.0 Å². The molecule has 0 heterocycles. The Morgan fingerprint density at radius 3 is 2.50 bits per heavy atom. The molecule has 0 aliphatic rings. The van der Waals surface area contributed by atoms with Crippen LogP contribution >= 0.6 is 0 Å². The topological polar surface area (TPSA) is 62.6 Å². The van der Waals surface area contributed by atoms with E-state index in [1.165, 1.54) is 6.07 Å². The highest BCUT2D eigenvalue weighted by Gasteiger charge is 2.14. The van der Waals surface area contributed by atoms with Gasteiger partial charge in [0.1, 0.15) is 12.4 Å². The predicted octanol–water partition coefficient (Wildman–Crippen LogP) is 1.21. The summed E-state index contributed by atoms with van der Waals surface area (Å²) in [6.45, 7) is 4.37. The van der Waals surface area contributed by atoms with Crippen LogP contribution in [-0.2, 0) is 16.1 Å². The molecule has 0 aliphatic carbocycles. The lowest BCUT2D eigenvalue weighted by atomic mass is 10.1. The van der Waals surface area contributed by atoms with Gasteiger partial charge in [0.05, 0.1) is 13.6 Å². The first-order valence-corrected chi connectivity index (χ1v) is 8.54. The van der Waals surface area contributed by atoms with Crippen LogP contribution in [0.2, 0.25) is 0 Å². The van der Waals surface area contributed by atoms with Crippen molar-refractivity contribution in [1.29, 1.82) is 0 Å². The fourth-order valence-electron chi connectivity index (χ4n) is 2.63. The van der Waals surface area contributed by atoms with Crippen LogP contribution in [-0.4, -0.2) is 32.0 Å². The Hall–Kier alpha value is -2.73. The highest BCUT2D eigenvalue weighted by molar-refractivity contribution is 5.95. The number of aryl methyl sites for hydroxylation is 1. The third-order valence-electron chi connectivity index (χ3n) is 4.24. The molecule has 0 bridgehead atoms. The first-order valence-electron chi connectivity index (χ1n) is 8.54. The van der Waals surface area contributed by atoms with Crippen LogP contribution in [0.3, 0.4) is 0 Å². The molecule has 0 saturated heterocycles. The molecule has 0 aromatic heterocycles. The summed E-state index contributed by atoms with van der Waals surface area (Å²) in [6.07, 6.45) is 0. The van der Waals surface area contributed by atoms with Gasteiger partial charge in [-0.3, -0.25) is 9.59 Å². The number of carbonyl (C=O) groups is 2. The Kier molecular flexibility index (Phi) is 6.86. The first kappa shape index (κ1) is 19.6. The summed E-state index contributed by atoms with van der Waals surface area (Å²) in [6, 6.07) is 12.2. The van der Waals surface area contributed by atoms with E-state index in [0.717, 1.165) is 21.7 Å². The van der Waals surface area contributed by atoms with Crippen molar-refractivity contribution in [2.75, 3.05) is 25.5 Å². The van der Waals surface area contributed by atoms with Crippen molar-refractivity contribution >= 4 is 17.5 Å². The average Bonchev–Trinajstić information content (AvgIpc) is 2.59. The van der Waals surface area contributed by atoms with Crippen molar-refractivity contribution in [2.45, 2.75) is 20.4 Å². The fraction of sp³-hybridized carbons (Fsp3) is 0.300. The molecule has 2 amide bonds. The van der Waals surface area contributed by atoms with E-state index < -0.39 is 0 Å². The summed E-state index contributed by atoms with van der Waals surface area (Å²) in [5.74, 6) is -0.811. The van der Waals surface area contributed by atoms with E-state index in [4.69, 9.17) is 0 Å². The van der Waals surface area contributed by atoms with Crippen LogP contribution in [0, 0.1) is 19.7 Å². The van der Waals surface area contributed by atoms with Crippen LogP contribution < -0.4 is 15.5 Å². The number of rotatable bonds is 7. The van der Waals surface area contributed by atoms with Gasteiger partial charge in [-0.1, -0.05) is 30.3 Å². The number of halogens is 1. The van der Waals surface area contributed by atoms with Gasteiger partial charge in [0, 0.05) is 11.3 Å². The number of anilines is 1. The number of hydrogen-bond acceptors (Lipinski definition) is 2. The smallest absolute Gasteiger partial charge is 0.275 e. The minimum atomic E-state index is -0.279. The Labute approximate surface area is 153 Å². The maximum absolute atomic E-state index is 13.6. The molecule has 2 rings (SSSR count). The summed E-state index contributed by atoms with van der Waals surface area (Å²) < 4.78 is 13.6. The van der Waals surface area contributed by atoms with Crippen LogP contribution in [0.5, 0.6) is 0 Å². The second-order valence-electron chi connectivity index (χ2n) is 6.47. The van der Waals surface area contributed by atoms with Crippen LogP contribution in [0.1, 0.15) is 16.7 Å². The van der Waals surface area contributed by atoms with Gasteiger partial charge in [0.2, 0.25) is 5.91 Å². The van der Waals surface area contributed by atoms with Crippen molar-refractivity contribution in [2.24, 2.45) is 0 Å². The van der Waals surface area contributed by atoms with Gasteiger partial charge in [-0.25, -0.2) is 4.39 Å². The lowest BCUT2D eigenvalue weighted by molar-refractivity contribution is -0.885. The van der Waals surface area contributed by atoms with Crippen LogP contribution in [0.4, 0.5) is 10.1 Å². The SMILES string of the molecule is Cc1cccc(NC(=O)CNC(=O)C[NH+](C)Cc2ccccc2F)c1C. The highest BCUT2D eigenvalue weighted by Crippen LogP contribution is 2.17. The number of likely N-dealkylation sites (N-methyl/N-ethyl adjacent to an activating group) is 1. The van der Waals surface area contributed by atoms with Gasteiger partial charge in [-0.15, -0.1) is 0 Å². The minimum Gasteiger partial charge on any atom is -0.342 e. The van der Waals surface area contributed by atoms with Gasteiger partial charge < -0.3 is 15.5 Å². The number of carbonyl (C=O) groups excluding carboxylic acids is 2. The average molecular weight is 358 g/mol. The molecule has 1 unspecified atom stereocenters. The van der Waals surface area contributed by atoms with E-state index in [9.17, 15) is 14.0 Å². The van der Waals surface area contributed by atoms with Gasteiger partial charge in [0.25, 0.3) is 5.91 Å². The van der Waals surface area contributed by atoms with E-state index in [1.54, 1.807) is 18.2 Å². The number of hydrogen-bond donors (Lipinski definition) is 3. The number of benzene rings is 2. The van der Waals surface area contributed by atoms with Gasteiger partial charge in [-0.05, 0) is 37.1 Å². The molecular formula is C20H25FN3O2+. The van der Waals surface area contributed by atoms with Gasteiger partial charge in [0.15, 0.2) is 6.54 Å². The maximum atomic E-state index is 13.6. The molecule has 1 atom stereocenters. The molecule has 0 radical (unpaired) electrons. The van der Waals surface area contributed by atoms with Crippen molar-refractivity contribution in [3.8, 4) is 0 Å². The van der Waals surface area contributed by atoms with Crippen LogP contribution in [0.15, 0.2) is 42.5 Å². The molecular weight excluding hydrogens is 333 g/mol. The number of nitrogens with one attached hydrogen (secondary N) is 3. The third kappa shape index (κ3) is 5.67. The van der Waals surface area contributed by atoms with Crippen LogP contribution in [0.25, 0.3) is 0 Å².